The summed E-state index contributed by atoms with van der Waals surface area (Å²) >= 11 is 0. The van der Waals surface area contributed by atoms with E-state index in [1.54, 1.807) is 59.2 Å². The fourth-order valence-corrected chi connectivity index (χ4v) is 5.53. The van der Waals surface area contributed by atoms with Gasteiger partial charge in [-0.2, -0.15) is 0 Å². The van der Waals surface area contributed by atoms with Crippen molar-refractivity contribution in [1.29, 1.82) is 0 Å². The van der Waals surface area contributed by atoms with E-state index in [0.29, 0.717) is 57.6 Å². The van der Waals surface area contributed by atoms with E-state index in [2.05, 4.69) is 0 Å². The molecule has 6 nitrogen and oxygen atoms in total. The van der Waals surface area contributed by atoms with Gasteiger partial charge in [0.25, 0.3) is 17.4 Å². The third-order valence-corrected chi connectivity index (χ3v) is 7.45. The van der Waals surface area contributed by atoms with Crippen molar-refractivity contribution in [3.8, 4) is 16.9 Å². The molecule has 0 atom stereocenters. The van der Waals surface area contributed by atoms with Gasteiger partial charge in [0.1, 0.15) is 18.2 Å². The maximum atomic E-state index is 14.7. The van der Waals surface area contributed by atoms with Crippen molar-refractivity contribution in [2.24, 2.45) is 5.92 Å². The standard InChI is InChI=1S/C35H29FN2O4/c1-22(2)19-37-31(20-38-34(40)27-13-6-7-14-28(27)35(38)41)32(24-11-8-12-25(36)17-24)30-18-26(15-16-29(30)33(37)39)42-21-23-9-4-3-5-10-23/h3-18,22H,19-21H2,1-2H3. The number of rotatable bonds is 8. The van der Waals surface area contributed by atoms with Crippen LogP contribution in [0.3, 0.4) is 0 Å². The lowest BCUT2D eigenvalue weighted by atomic mass is 9.95. The first kappa shape index (κ1) is 27.1. The molecule has 0 N–H and O–H groups in total. The van der Waals surface area contributed by atoms with E-state index in [1.807, 2.05) is 44.2 Å². The number of carbonyl (C=O) groups excluding carboxylic acids is 2. The molecule has 210 valence electrons. The second-order valence-corrected chi connectivity index (χ2v) is 10.9. The van der Waals surface area contributed by atoms with Gasteiger partial charge >= 0.3 is 0 Å². The number of ether oxygens (including phenoxy) is 1. The monoisotopic (exact) mass is 560 g/mol. The quantitative estimate of drug-likeness (QED) is 0.195. The average Bonchev–Trinajstić information content (AvgIpc) is 3.23. The Balaban J connectivity index is 1.56. The summed E-state index contributed by atoms with van der Waals surface area (Å²) < 4.78 is 22.4. The van der Waals surface area contributed by atoms with Crippen LogP contribution in [0.2, 0.25) is 0 Å². The number of carbonyl (C=O) groups is 2. The van der Waals surface area contributed by atoms with Gasteiger partial charge in [0, 0.05) is 28.6 Å². The molecular weight excluding hydrogens is 531 g/mol. The van der Waals surface area contributed by atoms with Gasteiger partial charge in [-0.25, -0.2) is 4.39 Å². The number of halogens is 1. The van der Waals surface area contributed by atoms with Gasteiger partial charge in [0.05, 0.1) is 17.7 Å². The molecule has 0 saturated carbocycles. The van der Waals surface area contributed by atoms with Crippen molar-refractivity contribution >= 4 is 22.6 Å². The number of fused-ring (bicyclic) bond motifs is 2. The zero-order chi connectivity index (χ0) is 29.4. The number of pyridine rings is 1. The molecule has 2 amide bonds. The molecular formula is C35H29FN2O4. The zero-order valence-corrected chi connectivity index (χ0v) is 23.3. The third-order valence-electron chi connectivity index (χ3n) is 7.45. The number of benzene rings is 4. The Morgan fingerprint density at radius 3 is 2.12 bits per heavy atom. The maximum absolute atomic E-state index is 14.7. The molecule has 0 spiro atoms. The molecule has 0 unspecified atom stereocenters. The van der Waals surface area contributed by atoms with Gasteiger partial charge in [-0.3, -0.25) is 19.3 Å². The highest BCUT2D eigenvalue weighted by molar-refractivity contribution is 6.21. The van der Waals surface area contributed by atoms with E-state index in [4.69, 9.17) is 4.74 Å². The number of hydrogen-bond acceptors (Lipinski definition) is 4. The molecule has 1 aliphatic rings. The van der Waals surface area contributed by atoms with E-state index in [9.17, 15) is 18.8 Å². The Morgan fingerprint density at radius 1 is 0.762 bits per heavy atom. The molecule has 1 aromatic heterocycles. The van der Waals surface area contributed by atoms with Crippen LogP contribution >= 0.6 is 0 Å². The first-order valence-electron chi connectivity index (χ1n) is 13.9. The molecule has 4 aromatic carbocycles. The zero-order valence-electron chi connectivity index (χ0n) is 23.3. The smallest absolute Gasteiger partial charge is 0.261 e. The minimum atomic E-state index is -0.439. The van der Waals surface area contributed by atoms with E-state index in [1.165, 1.54) is 17.0 Å². The summed E-state index contributed by atoms with van der Waals surface area (Å²) in [5.41, 5.74) is 2.95. The average molecular weight is 561 g/mol. The van der Waals surface area contributed by atoms with E-state index in [0.717, 1.165) is 5.56 Å². The summed E-state index contributed by atoms with van der Waals surface area (Å²) in [5, 5.41) is 0.996. The predicted molar refractivity (Wildman–Crippen MR) is 160 cm³/mol. The van der Waals surface area contributed by atoms with Crippen molar-refractivity contribution in [1.82, 2.24) is 9.47 Å². The normalized spacial score (nSPS) is 12.8. The van der Waals surface area contributed by atoms with Crippen LogP contribution in [-0.2, 0) is 19.7 Å². The fraction of sp³-hybridized carbons (Fsp3) is 0.171. The van der Waals surface area contributed by atoms with Gasteiger partial charge in [0.2, 0.25) is 0 Å². The summed E-state index contributed by atoms with van der Waals surface area (Å²) in [4.78, 5) is 42.0. The topological polar surface area (TPSA) is 68.6 Å². The second-order valence-electron chi connectivity index (χ2n) is 10.9. The molecule has 42 heavy (non-hydrogen) atoms. The molecule has 6 rings (SSSR count). The molecule has 1 aliphatic heterocycles. The Hall–Kier alpha value is -5.04. The first-order valence-corrected chi connectivity index (χ1v) is 13.9. The van der Waals surface area contributed by atoms with Gasteiger partial charge in [-0.1, -0.05) is 68.4 Å². The van der Waals surface area contributed by atoms with Crippen molar-refractivity contribution in [3.05, 3.63) is 136 Å². The number of hydrogen-bond donors (Lipinski definition) is 0. The number of imide groups is 1. The van der Waals surface area contributed by atoms with Crippen molar-refractivity contribution < 1.29 is 18.7 Å². The lowest BCUT2D eigenvalue weighted by Gasteiger charge is -2.24. The van der Waals surface area contributed by atoms with Crippen LogP contribution in [0.5, 0.6) is 5.75 Å². The molecule has 2 heterocycles. The van der Waals surface area contributed by atoms with Crippen molar-refractivity contribution in [3.63, 3.8) is 0 Å². The Bertz CT molecular complexity index is 1860. The Labute approximate surface area is 242 Å². The molecule has 0 fully saturated rings. The van der Waals surface area contributed by atoms with Gasteiger partial charge in [0.15, 0.2) is 0 Å². The molecule has 0 radical (unpaired) electrons. The minimum Gasteiger partial charge on any atom is -0.489 e. The second kappa shape index (κ2) is 11.1. The third kappa shape index (κ3) is 4.98. The highest BCUT2D eigenvalue weighted by Gasteiger charge is 2.36. The van der Waals surface area contributed by atoms with Crippen molar-refractivity contribution in [2.45, 2.75) is 33.5 Å². The number of aromatic nitrogens is 1. The minimum absolute atomic E-state index is 0.0786. The highest BCUT2D eigenvalue weighted by Crippen LogP contribution is 2.36. The van der Waals surface area contributed by atoms with Crippen LogP contribution in [0, 0.1) is 11.7 Å². The predicted octanol–water partition coefficient (Wildman–Crippen LogP) is 6.84. The summed E-state index contributed by atoms with van der Waals surface area (Å²) in [6, 6.07) is 27.8. The maximum Gasteiger partial charge on any atom is 0.261 e. The molecule has 7 heteroatoms. The Kier molecular flexibility index (Phi) is 7.17. The first-order chi connectivity index (χ1) is 20.3. The summed E-state index contributed by atoms with van der Waals surface area (Å²) in [5.74, 6) is -0.675. The lowest BCUT2D eigenvalue weighted by molar-refractivity contribution is 0.0638. The summed E-state index contributed by atoms with van der Waals surface area (Å²) in [7, 11) is 0. The number of nitrogens with zero attached hydrogens (tertiary/aromatic N) is 2. The van der Waals surface area contributed by atoms with Crippen LogP contribution in [0.4, 0.5) is 4.39 Å². The number of amides is 2. The summed E-state index contributed by atoms with van der Waals surface area (Å²) in [6.07, 6.45) is 0. The largest absolute Gasteiger partial charge is 0.489 e. The highest BCUT2D eigenvalue weighted by atomic mass is 19.1. The molecule has 0 aliphatic carbocycles. The van der Waals surface area contributed by atoms with E-state index in [-0.39, 0.29) is 18.0 Å². The molecule has 0 bridgehead atoms. The van der Waals surface area contributed by atoms with Gasteiger partial charge in [-0.15, -0.1) is 0 Å². The molecule has 5 aromatic rings. The van der Waals surface area contributed by atoms with Crippen molar-refractivity contribution in [2.75, 3.05) is 0 Å². The van der Waals surface area contributed by atoms with Crippen LogP contribution in [0.1, 0.15) is 45.8 Å². The summed E-state index contributed by atoms with van der Waals surface area (Å²) in [6.45, 7) is 4.51. The lowest BCUT2D eigenvalue weighted by Crippen LogP contribution is -2.34. The van der Waals surface area contributed by atoms with Crippen LogP contribution in [0.15, 0.2) is 102 Å². The van der Waals surface area contributed by atoms with Crippen LogP contribution in [0.25, 0.3) is 21.9 Å². The van der Waals surface area contributed by atoms with Crippen LogP contribution < -0.4 is 10.3 Å². The molecule has 0 saturated heterocycles. The fourth-order valence-electron chi connectivity index (χ4n) is 5.53. The Morgan fingerprint density at radius 2 is 1.45 bits per heavy atom. The van der Waals surface area contributed by atoms with Gasteiger partial charge in [-0.05, 0) is 59.5 Å². The van der Waals surface area contributed by atoms with Gasteiger partial charge < -0.3 is 9.30 Å². The SMILES string of the molecule is CC(C)Cn1c(CN2C(=O)c3ccccc3C2=O)c(-c2cccc(F)c2)c2cc(OCc3ccccc3)ccc2c1=O. The van der Waals surface area contributed by atoms with Crippen LogP contribution in [-0.4, -0.2) is 21.3 Å². The van der Waals surface area contributed by atoms with E-state index < -0.39 is 17.6 Å². The van der Waals surface area contributed by atoms with E-state index >= 15 is 0 Å².